The Balaban J connectivity index is 2.12. The summed E-state index contributed by atoms with van der Waals surface area (Å²) < 4.78 is 10.8. The Morgan fingerprint density at radius 1 is 1.19 bits per heavy atom. The van der Waals surface area contributed by atoms with E-state index in [2.05, 4.69) is 17.2 Å². The van der Waals surface area contributed by atoms with Gasteiger partial charge in [-0.2, -0.15) is 0 Å². The Morgan fingerprint density at radius 2 is 1.96 bits per heavy atom. The minimum atomic E-state index is -0.242. The van der Waals surface area contributed by atoms with Crippen molar-refractivity contribution in [2.24, 2.45) is 0 Å². The van der Waals surface area contributed by atoms with Crippen molar-refractivity contribution in [2.75, 3.05) is 19.0 Å². The summed E-state index contributed by atoms with van der Waals surface area (Å²) in [4.78, 5) is 23.8. The van der Waals surface area contributed by atoms with Crippen molar-refractivity contribution < 1.29 is 19.1 Å². The highest BCUT2D eigenvalue weighted by Gasteiger charge is 2.15. The number of benzene rings is 2. The van der Waals surface area contributed by atoms with Crippen molar-refractivity contribution in [3.8, 4) is 11.5 Å². The van der Waals surface area contributed by atoms with Crippen molar-refractivity contribution in [1.29, 1.82) is 0 Å². The van der Waals surface area contributed by atoms with Crippen LogP contribution in [0.5, 0.6) is 11.5 Å². The molecule has 2 aromatic rings. The summed E-state index contributed by atoms with van der Waals surface area (Å²) in [7, 11) is 1.52. The zero-order chi connectivity index (χ0) is 19.8. The highest BCUT2D eigenvalue weighted by Crippen LogP contribution is 2.28. The molecule has 0 bridgehead atoms. The molecule has 2 amide bonds. The topological polar surface area (TPSA) is 76.7 Å². The van der Waals surface area contributed by atoms with E-state index in [9.17, 15) is 9.59 Å². The van der Waals surface area contributed by atoms with E-state index in [1.54, 1.807) is 30.3 Å². The fourth-order valence-corrected chi connectivity index (χ4v) is 2.53. The first-order valence-corrected chi connectivity index (χ1v) is 8.54. The molecule has 2 aromatic carbocycles. The maximum Gasteiger partial charge on any atom is 0.251 e. The lowest BCUT2D eigenvalue weighted by Gasteiger charge is -2.16. The molecule has 0 saturated heterocycles. The average Bonchev–Trinajstić information content (AvgIpc) is 2.65. The second-order valence-corrected chi connectivity index (χ2v) is 5.97. The molecule has 0 aliphatic heterocycles. The third kappa shape index (κ3) is 5.60. The van der Waals surface area contributed by atoms with Gasteiger partial charge in [0, 0.05) is 18.2 Å². The minimum absolute atomic E-state index is 0.144. The normalized spacial score (nSPS) is 11.2. The molecular formula is C21H24N2O4. The van der Waals surface area contributed by atoms with Crippen molar-refractivity contribution in [1.82, 2.24) is 5.32 Å². The highest BCUT2D eigenvalue weighted by molar-refractivity contribution is 5.95. The minimum Gasteiger partial charge on any atom is -0.493 e. The number of anilines is 1. The Labute approximate surface area is 159 Å². The molecule has 0 aliphatic carbocycles. The van der Waals surface area contributed by atoms with E-state index in [0.29, 0.717) is 29.4 Å². The van der Waals surface area contributed by atoms with Crippen LogP contribution >= 0.6 is 0 Å². The van der Waals surface area contributed by atoms with E-state index >= 15 is 0 Å². The molecular weight excluding hydrogens is 344 g/mol. The lowest BCUT2D eigenvalue weighted by molar-refractivity contribution is -0.114. The van der Waals surface area contributed by atoms with Gasteiger partial charge in [-0.05, 0) is 42.8 Å². The molecule has 0 aliphatic rings. The number of amides is 2. The third-order valence-electron chi connectivity index (χ3n) is 3.84. The quantitative estimate of drug-likeness (QED) is 0.697. The van der Waals surface area contributed by atoms with Crippen LogP contribution in [0.4, 0.5) is 5.69 Å². The molecule has 1 atom stereocenters. The maximum atomic E-state index is 12.6. The lowest BCUT2D eigenvalue weighted by atomic mass is 10.1. The molecule has 0 spiro atoms. The molecule has 0 aromatic heterocycles. The van der Waals surface area contributed by atoms with Crippen molar-refractivity contribution in [3.05, 3.63) is 66.2 Å². The largest absolute Gasteiger partial charge is 0.493 e. The van der Waals surface area contributed by atoms with Gasteiger partial charge in [-0.25, -0.2) is 0 Å². The molecule has 27 heavy (non-hydrogen) atoms. The molecule has 2 N–H and O–H groups in total. The summed E-state index contributed by atoms with van der Waals surface area (Å²) in [6.07, 6.45) is 1.64. The van der Waals surface area contributed by atoms with E-state index in [1.165, 1.54) is 14.0 Å². The lowest BCUT2D eigenvalue weighted by Crippen LogP contribution is -2.26. The summed E-state index contributed by atoms with van der Waals surface area (Å²) >= 11 is 0. The van der Waals surface area contributed by atoms with E-state index in [1.807, 2.05) is 25.1 Å². The number of ether oxygens (including phenoxy) is 2. The van der Waals surface area contributed by atoms with Crippen LogP contribution in [-0.4, -0.2) is 25.5 Å². The molecule has 2 rings (SSSR count). The zero-order valence-corrected chi connectivity index (χ0v) is 15.7. The molecule has 0 fully saturated rings. The smallest absolute Gasteiger partial charge is 0.251 e. The van der Waals surface area contributed by atoms with Gasteiger partial charge in [0.2, 0.25) is 5.91 Å². The SMILES string of the molecule is C=CCOc1ccc(C(=O)NC(C)c2cccc(NC(C)=O)c2)cc1OC. The summed E-state index contributed by atoms with van der Waals surface area (Å²) in [5.41, 5.74) is 2.03. The maximum absolute atomic E-state index is 12.6. The van der Waals surface area contributed by atoms with Gasteiger partial charge in [-0.1, -0.05) is 24.8 Å². The van der Waals surface area contributed by atoms with Gasteiger partial charge in [0.15, 0.2) is 11.5 Å². The summed E-state index contributed by atoms with van der Waals surface area (Å²) in [6, 6.07) is 12.1. The fourth-order valence-electron chi connectivity index (χ4n) is 2.53. The number of methoxy groups -OCH3 is 1. The van der Waals surface area contributed by atoms with Gasteiger partial charge in [0.05, 0.1) is 13.2 Å². The Kier molecular flexibility index (Phi) is 7.00. The third-order valence-corrected chi connectivity index (χ3v) is 3.84. The predicted octanol–water partition coefficient (Wildman–Crippen LogP) is 3.71. The molecule has 142 valence electrons. The van der Waals surface area contributed by atoms with Crippen molar-refractivity contribution in [3.63, 3.8) is 0 Å². The van der Waals surface area contributed by atoms with Gasteiger partial charge in [-0.15, -0.1) is 0 Å². The number of carbonyl (C=O) groups is 2. The molecule has 6 heteroatoms. The molecule has 0 saturated carbocycles. The number of rotatable bonds is 8. The second-order valence-electron chi connectivity index (χ2n) is 5.97. The van der Waals surface area contributed by atoms with Gasteiger partial charge in [0.25, 0.3) is 5.91 Å². The number of hydrogen-bond acceptors (Lipinski definition) is 4. The van der Waals surface area contributed by atoms with E-state index in [-0.39, 0.29) is 17.9 Å². The number of nitrogens with one attached hydrogen (secondary N) is 2. The standard InChI is InChI=1S/C21H24N2O4/c1-5-11-27-19-10-9-17(13-20(19)26-4)21(25)22-14(2)16-7-6-8-18(12-16)23-15(3)24/h5-10,12-14H,1,11H2,2-4H3,(H,22,25)(H,23,24). The monoisotopic (exact) mass is 368 g/mol. The summed E-state index contributed by atoms with van der Waals surface area (Å²) in [5, 5.41) is 5.68. The van der Waals surface area contributed by atoms with Crippen LogP contribution in [0.2, 0.25) is 0 Å². The molecule has 0 heterocycles. The van der Waals surface area contributed by atoms with Crippen LogP contribution in [0.1, 0.15) is 35.8 Å². The first-order valence-electron chi connectivity index (χ1n) is 8.54. The molecule has 0 radical (unpaired) electrons. The fraction of sp³-hybridized carbons (Fsp3) is 0.238. The van der Waals surface area contributed by atoms with Crippen LogP contribution in [0.3, 0.4) is 0 Å². The number of hydrogen-bond donors (Lipinski definition) is 2. The van der Waals surface area contributed by atoms with Crippen molar-refractivity contribution in [2.45, 2.75) is 19.9 Å². The first-order chi connectivity index (χ1) is 12.9. The van der Waals surface area contributed by atoms with Crippen LogP contribution in [0.25, 0.3) is 0 Å². The van der Waals surface area contributed by atoms with E-state index < -0.39 is 0 Å². The Morgan fingerprint density at radius 3 is 2.63 bits per heavy atom. The second kappa shape index (κ2) is 9.43. The van der Waals surface area contributed by atoms with Crippen LogP contribution in [0, 0.1) is 0 Å². The average molecular weight is 368 g/mol. The number of carbonyl (C=O) groups excluding carboxylic acids is 2. The molecule has 6 nitrogen and oxygen atoms in total. The van der Waals surface area contributed by atoms with E-state index in [0.717, 1.165) is 5.56 Å². The summed E-state index contributed by atoms with van der Waals surface area (Å²) in [6.45, 7) is 7.29. The zero-order valence-electron chi connectivity index (χ0n) is 15.7. The summed E-state index contributed by atoms with van der Waals surface area (Å²) in [5.74, 6) is 0.644. The predicted molar refractivity (Wildman–Crippen MR) is 105 cm³/mol. The Bertz CT molecular complexity index is 833. The Hall–Kier alpha value is -3.28. The van der Waals surface area contributed by atoms with Crippen LogP contribution in [-0.2, 0) is 4.79 Å². The highest BCUT2D eigenvalue weighted by atomic mass is 16.5. The first kappa shape index (κ1) is 20.0. The van der Waals surface area contributed by atoms with Gasteiger partial charge in [0.1, 0.15) is 6.61 Å². The molecule has 1 unspecified atom stereocenters. The van der Waals surface area contributed by atoms with Crippen LogP contribution in [0.15, 0.2) is 55.1 Å². The van der Waals surface area contributed by atoms with E-state index in [4.69, 9.17) is 9.47 Å². The van der Waals surface area contributed by atoms with Gasteiger partial charge in [-0.3, -0.25) is 9.59 Å². The van der Waals surface area contributed by atoms with Gasteiger partial charge >= 0.3 is 0 Å². The van der Waals surface area contributed by atoms with Crippen molar-refractivity contribution >= 4 is 17.5 Å². The van der Waals surface area contributed by atoms with Gasteiger partial charge < -0.3 is 20.1 Å². The van der Waals surface area contributed by atoms with Crippen LogP contribution < -0.4 is 20.1 Å².